The van der Waals surface area contributed by atoms with Crippen molar-refractivity contribution in [1.29, 1.82) is 0 Å². The van der Waals surface area contributed by atoms with Gasteiger partial charge in [-0.1, -0.05) is 6.92 Å². The standard InChI is InChI=1S/C15H31N3O2/c1-6-17(5)12-9-16-13-7-10-18(11-8-13)14(19)20-15(2,3)4/h13,16H,6-12H2,1-5H3. The molecule has 5 heteroatoms. The Labute approximate surface area is 123 Å². The summed E-state index contributed by atoms with van der Waals surface area (Å²) < 4.78 is 5.40. The van der Waals surface area contributed by atoms with Crippen molar-refractivity contribution in [2.75, 3.05) is 39.8 Å². The molecule has 1 amide bonds. The highest BCUT2D eigenvalue weighted by atomic mass is 16.6. The molecule has 0 aromatic heterocycles. The molecular weight excluding hydrogens is 254 g/mol. The summed E-state index contributed by atoms with van der Waals surface area (Å²) in [6.45, 7) is 12.6. The fraction of sp³-hybridized carbons (Fsp3) is 0.933. The molecule has 0 aromatic rings. The second-order valence-electron chi connectivity index (χ2n) is 6.59. The molecule has 0 saturated carbocycles. The molecule has 0 radical (unpaired) electrons. The van der Waals surface area contributed by atoms with Crippen LogP contribution in [0.25, 0.3) is 0 Å². The number of likely N-dealkylation sites (tertiary alicyclic amines) is 1. The Balaban J connectivity index is 2.21. The van der Waals surface area contributed by atoms with Gasteiger partial charge in [-0.2, -0.15) is 0 Å². The van der Waals surface area contributed by atoms with Crippen LogP contribution in [0.4, 0.5) is 4.79 Å². The average molecular weight is 285 g/mol. The maximum absolute atomic E-state index is 11.9. The van der Waals surface area contributed by atoms with E-state index >= 15 is 0 Å². The summed E-state index contributed by atoms with van der Waals surface area (Å²) >= 11 is 0. The molecule has 0 aromatic carbocycles. The number of ether oxygens (including phenoxy) is 1. The second kappa shape index (κ2) is 7.84. The lowest BCUT2D eigenvalue weighted by molar-refractivity contribution is 0.0198. The predicted molar refractivity (Wildman–Crippen MR) is 82.0 cm³/mol. The molecule has 1 fully saturated rings. The maximum Gasteiger partial charge on any atom is 0.410 e. The minimum atomic E-state index is -0.406. The van der Waals surface area contributed by atoms with Gasteiger partial charge in [0.05, 0.1) is 0 Å². The van der Waals surface area contributed by atoms with Crippen molar-refractivity contribution in [3.63, 3.8) is 0 Å². The molecule has 118 valence electrons. The van der Waals surface area contributed by atoms with Crippen LogP contribution >= 0.6 is 0 Å². The first-order valence-electron chi connectivity index (χ1n) is 7.71. The molecule has 1 aliphatic heterocycles. The van der Waals surface area contributed by atoms with Gasteiger partial charge in [-0.15, -0.1) is 0 Å². The number of nitrogens with zero attached hydrogens (tertiary/aromatic N) is 2. The minimum Gasteiger partial charge on any atom is -0.444 e. The van der Waals surface area contributed by atoms with E-state index in [1.54, 1.807) is 0 Å². The monoisotopic (exact) mass is 285 g/mol. The fourth-order valence-electron chi connectivity index (χ4n) is 2.21. The normalized spacial score (nSPS) is 17.6. The Kier molecular flexibility index (Phi) is 6.76. The molecule has 5 nitrogen and oxygen atoms in total. The molecule has 0 unspecified atom stereocenters. The highest BCUT2D eigenvalue weighted by Gasteiger charge is 2.26. The quantitative estimate of drug-likeness (QED) is 0.838. The molecule has 1 heterocycles. The Morgan fingerprint density at radius 1 is 1.35 bits per heavy atom. The highest BCUT2D eigenvalue weighted by molar-refractivity contribution is 5.68. The summed E-state index contributed by atoms with van der Waals surface area (Å²) in [5.74, 6) is 0. The van der Waals surface area contributed by atoms with Crippen LogP contribution in [0.5, 0.6) is 0 Å². The van der Waals surface area contributed by atoms with Crippen LogP contribution in [0, 0.1) is 0 Å². The number of hydrogen-bond acceptors (Lipinski definition) is 4. The largest absolute Gasteiger partial charge is 0.444 e. The second-order valence-corrected chi connectivity index (χ2v) is 6.59. The van der Waals surface area contributed by atoms with Crippen molar-refractivity contribution >= 4 is 6.09 Å². The van der Waals surface area contributed by atoms with Gasteiger partial charge < -0.3 is 19.9 Å². The van der Waals surface area contributed by atoms with E-state index in [0.29, 0.717) is 6.04 Å². The minimum absolute atomic E-state index is 0.179. The summed E-state index contributed by atoms with van der Waals surface area (Å²) in [5.41, 5.74) is -0.406. The summed E-state index contributed by atoms with van der Waals surface area (Å²) in [4.78, 5) is 16.1. The smallest absolute Gasteiger partial charge is 0.410 e. The molecular formula is C15H31N3O2. The molecule has 0 bridgehead atoms. The number of rotatable bonds is 5. The first-order chi connectivity index (χ1) is 9.31. The van der Waals surface area contributed by atoms with E-state index < -0.39 is 5.60 Å². The summed E-state index contributed by atoms with van der Waals surface area (Å²) in [5, 5.41) is 3.57. The van der Waals surface area contributed by atoms with Crippen molar-refractivity contribution in [2.24, 2.45) is 0 Å². The third-order valence-corrected chi connectivity index (χ3v) is 3.61. The molecule has 20 heavy (non-hydrogen) atoms. The predicted octanol–water partition coefficient (Wildman–Crippen LogP) is 1.93. The number of hydrogen-bond donors (Lipinski definition) is 1. The zero-order chi connectivity index (χ0) is 15.2. The van der Waals surface area contributed by atoms with E-state index in [4.69, 9.17) is 4.74 Å². The molecule has 1 saturated heterocycles. The van der Waals surface area contributed by atoms with Gasteiger partial charge in [0.25, 0.3) is 0 Å². The van der Waals surface area contributed by atoms with Gasteiger partial charge in [-0.3, -0.25) is 0 Å². The van der Waals surface area contributed by atoms with E-state index in [9.17, 15) is 4.79 Å². The fourth-order valence-corrected chi connectivity index (χ4v) is 2.21. The summed E-state index contributed by atoms with van der Waals surface area (Å²) in [6, 6.07) is 0.527. The molecule has 1 N–H and O–H groups in total. The summed E-state index contributed by atoms with van der Waals surface area (Å²) in [6.07, 6.45) is 1.84. The Morgan fingerprint density at radius 2 is 1.95 bits per heavy atom. The van der Waals surface area contributed by atoms with E-state index in [1.807, 2.05) is 25.7 Å². The van der Waals surface area contributed by atoms with Crippen LogP contribution in [0.1, 0.15) is 40.5 Å². The SMILES string of the molecule is CCN(C)CCNC1CCN(C(=O)OC(C)(C)C)CC1. The van der Waals surface area contributed by atoms with Crippen LogP contribution in [0.3, 0.4) is 0 Å². The molecule has 1 aliphatic rings. The van der Waals surface area contributed by atoms with E-state index in [1.165, 1.54) is 0 Å². The van der Waals surface area contributed by atoms with Gasteiger partial charge >= 0.3 is 6.09 Å². The van der Waals surface area contributed by atoms with Gasteiger partial charge in [0.15, 0.2) is 0 Å². The zero-order valence-corrected chi connectivity index (χ0v) is 13.7. The van der Waals surface area contributed by atoms with Crippen LogP contribution < -0.4 is 5.32 Å². The highest BCUT2D eigenvalue weighted by Crippen LogP contribution is 2.15. The van der Waals surface area contributed by atoms with E-state index in [-0.39, 0.29) is 6.09 Å². The number of amides is 1. The van der Waals surface area contributed by atoms with Crippen LogP contribution in [-0.4, -0.2) is 67.3 Å². The van der Waals surface area contributed by atoms with Crippen molar-refractivity contribution in [3.8, 4) is 0 Å². The summed E-state index contributed by atoms with van der Waals surface area (Å²) in [7, 11) is 2.13. The Hall–Kier alpha value is -0.810. The first-order valence-corrected chi connectivity index (χ1v) is 7.71. The van der Waals surface area contributed by atoms with Gasteiger partial charge in [-0.05, 0) is 47.2 Å². The number of carbonyl (C=O) groups excluding carboxylic acids is 1. The lowest BCUT2D eigenvalue weighted by Crippen LogP contribution is -2.47. The van der Waals surface area contributed by atoms with Gasteiger partial charge in [-0.25, -0.2) is 4.79 Å². The third kappa shape index (κ3) is 6.57. The lowest BCUT2D eigenvalue weighted by atomic mass is 10.1. The molecule has 0 atom stereocenters. The lowest BCUT2D eigenvalue weighted by Gasteiger charge is -2.34. The zero-order valence-electron chi connectivity index (χ0n) is 13.7. The topological polar surface area (TPSA) is 44.8 Å². The van der Waals surface area contributed by atoms with E-state index in [2.05, 4.69) is 24.2 Å². The maximum atomic E-state index is 11.9. The number of carbonyl (C=O) groups is 1. The van der Waals surface area contributed by atoms with Crippen molar-refractivity contribution in [2.45, 2.75) is 52.2 Å². The first kappa shape index (κ1) is 17.2. The van der Waals surface area contributed by atoms with Crippen molar-refractivity contribution in [3.05, 3.63) is 0 Å². The average Bonchev–Trinajstić information content (AvgIpc) is 2.37. The van der Waals surface area contributed by atoms with Gasteiger partial charge in [0.2, 0.25) is 0 Å². The van der Waals surface area contributed by atoms with Crippen molar-refractivity contribution in [1.82, 2.24) is 15.1 Å². The Morgan fingerprint density at radius 3 is 2.45 bits per heavy atom. The van der Waals surface area contributed by atoms with Gasteiger partial charge in [0.1, 0.15) is 5.60 Å². The van der Waals surface area contributed by atoms with E-state index in [0.717, 1.165) is 45.6 Å². The van der Waals surface area contributed by atoms with Crippen LogP contribution in [0.15, 0.2) is 0 Å². The van der Waals surface area contributed by atoms with Crippen molar-refractivity contribution < 1.29 is 9.53 Å². The Bertz CT molecular complexity index is 294. The number of nitrogens with one attached hydrogen (secondary N) is 1. The molecule has 1 rings (SSSR count). The van der Waals surface area contributed by atoms with Gasteiger partial charge in [0, 0.05) is 32.2 Å². The molecule has 0 aliphatic carbocycles. The number of piperidine rings is 1. The third-order valence-electron chi connectivity index (χ3n) is 3.61. The number of likely N-dealkylation sites (N-methyl/N-ethyl adjacent to an activating group) is 1. The molecule has 0 spiro atoms. The van der Waals surface area contributed by atoms with Crippen LogP contribution in [0.2, 0.25) is 0 Å². The van der Waals surface area contributed by atoms with Crippen LogP contribution in [-0.2, 0) is 4.74 Å².